The molecule has 0 saturated heterocycles. The number of hydrogen-bond donors (Lipinski definition) is 1. The number of primary sulfonamides is 1. The fourth-order valence-electron chi connectivity index (χ4n) is 1.25. The van der Waals surface area contributed by atoms with E-state index in [1.165, 1.54) is 0 Å². The van der Waals surface area contributed by atoms with Crippen LogP contribution in [0.25, 0.3) is 0 Å². The van der Waals surface area contributed by atoms with Crippen molar-refractivity contribution in [3.05, 3.63) is 29.3 Å². The van der Waals surface area contributed by atoms with E-state index in [1.54, 1.807) is 19.1 Å². The quantitative estimate of drug-likeness (QED) is 0.778. The molecule has 0 amide bonds. The van der Waals surface area contributed by atoms with Gasteiger partial charge in [-0.3, -0.25) is 0 Å². The third-order valence-corrected chi connectivity index (χ3v) is 3.03. The van der Waals surface area contributed by atoms with Crippen LogP contribution in [-0.4, -0.2) is 8.42 Å². The van der Waals surface area contributed by atoms with Crippen molar-refractivity contribution in [2.24, 2.45) is 5.14 Å². The molecule has 0 aromatic heterocycles. The lowest BCUT2D eigenvalue weighted by Crippen LogP contribution is -2.13. The third-order valence-electron chi connectivity index (χ3n) is 1.95. The predicted molar refractivity (Wildman–Crippen MR) is 51.9 cm³/mol. The molecule has 0 spiro atoms. The van der Waals surface area contributed by atoms with E-state index in [4.69, 9.17) is 5.14 Å². The van der Waals surface area contributed by atoms with Gasteiger partial charge in [0, 0.05) is 0 Å². The summed E-state index contributed by atoms with van der Waals surface area (Å²) in [4.78, 5) is 0.213. The van der Waals surface area contributed by atoms with Gasteiger partial charge in [0.05, 0.1) is 4.90 Å². The van der Waals surface area contributed by atoms with Gasteiger partial charge >= 0.3 is 0 Å². The molecule has 13 heavy (non-hydrogen) atoms. The molecule has 0 aliphatic rings. The molecule has 1 rings (SSSR count). The van der Waals surface area contributed by atoms with Crippen molar-refractivity contribution in [1.29, 1.82) is 0 Å². The Morgan fingerprint density at radius 2 is 2.00 bits per heavy atom. The van der Waals surface area contributed by atoms with Crippen LogP contribution in [0, 0.1) is 6.92 Å². The van der Waals surface area contributed by atoms with Crippen LogP contribution >= 0.6 is 0 Å². The molecule has 3 nitrogen and oxygen atoms in total. The lowest BCUT2D eigenvalue weighted by molar-refractivity contribution is 0.597. The molecule has 0 unspecified atom stereocenters. The van der Waals surface area contributed by atoms with Crippen molar-refractivity contribution in [1.82, 2.24) is 0 Å². The molecule has 1 aromatic carbocycles. The predicted octanol–water partition coefficient (Wildman–Crippen LogP) is 1.20. The first-order valence-electron chi connectivity index (χ1n) is 4.07. The summed E-state index contributed by atoms with van der Waals surface area (Å²) in [5.41, 5.74) is 1.83. The van der Waals surface area contributed by atoms with Crippen LogP contribution in [0.15, 0.2) is 23.1 Å². The van der Waals surface area contributed by atoms with Gasteiger partial charge in [0.1, 0.15) is 0 Å². The van der Waals surface area contributed by atoms with Crippen molar-refractivity contribution in [2.45, 2.75) is 25.2 Å². The lowest BCUT2D eigenvalue weighted by Gasteiger charge is -2.04. The van der Waals surface area contributed by atoms with Crippen molar-refractivity contribution in [3.63, 3.8) is 0 Å². The van der Waals surface area contributed by atoms with Gasteiger partial charge < -0.3 is 0 Å². The molecule has 0 aliphatic carbocycles. The molecule has 1 aromatic rings. The average Bonchev–Trinajstić information content (AvgIpc) is 2.01. The number of benzene rings is 1. The van der Waals surface area contributed by atoms with E-state index in [9.17, 15) is 8.42 Å². The molecule has 72 valence electrons. The Morgan fingerprint density at radius 1 is 1.38 bits per heavy atom. The Hall–Kier alpha value is -0.870. The number of nitrogens with two attached hydrogens (primary N) is 1. The van der Waals surface area contributed by atoms with Crippen LogP contribution in [0.2, 0.25) is 0 Å². The minimum absolute atomic E-state index is 0.213. The molecule has 0 fully saturated rings. The van der Waals surface area contributed by atoms with Gasteiger partial charge in [-0.2, -0.15) is 0 Å². The third kappa shape index (κ3) is 2.29. The maximum Gasteiger partial charge on any atom is 0.238 e. The first kappa shape index (κ1) is 10.2. The number of hydrogen-bond acceptors (Lipinski definition) is 2. The Kier molecular flexibility index (Phi) is 2.73. The van der Waals surface area contributed by atoms with Crippen molar-refractivity contribution in [3.8, 4) is 0 Å². The van der Waals surface area contributed by atoms with Crippen molar-refractivity contribution >= 4 is 10.0 Å². The van der Waals surface area contributed by atoms with Gasteiger partial charge in [-0.15, -0.1) is 0 Å². The summed E-state index contributed by atoms with van der Waals surface area (Å²) >= 11 is 0. The topological polar surface area (TPSA) is 60.2 Å². The van der Waals surface area contributed by atoms with E-state index in [0.717, 1.165) is 12.0 Å². The molecular weight excluding hydrogens is 186 g/mol. The van der Waals surface area contributed by atoms with Crippen molar-refractivity contribution < 1.29 is 8.42 Å². The smallest absolute Gasteiger partial charge is 0.225 e. The molecule has 2 N–H and O–H groups in total. The van der Waals surface area contributed by atoms with E-state index in [-0.39, 0.29) is 4.90 Å². The zero-order chi connectivity index (χ0) is 10.1. The minimum Gasteiger partial charge on any atom is -0.225 e. The Morgan fingerprint density at radius 3 is 2.38 bits per heavy atom. The van der Waals surface area contributed by atoms with E-state index in [0.29, 0.717) is 5.56 Å². The van der Waals surface area contributed by atoms with Gasteiger partial charge in [0.15, 0.2) is 0 Å². The first-order chi connectivity index (χ1) is 5.95. The molecule has 0 aliphatic heterocycles. The molecule has 0 atom stereocenters. The molecule has 0 radical (unpaired) electrons. The summed E-state index contributed by atoms with van der Waals surface area (Å²) < 4.78 is 22.1. The van der Waals surface area contributed by atoms with E-state index >= 15 is 0 Å². The second-order valence-corrected chi connectivity index (χ2v) is 4.53. The van der Waals surface area contributed by atoms with Gasteiger partial charge in [0.2, 0.25) is 10.0 Å². The average molecular weight is 199 g/mol. The fourth-order valence-corrected chi connectivity index (χ4v) is 2.02. The van der Waals surface area contributed by atoms with Gasteiger partial charge in [0.25, 0.3) is 0 Å². The highest BCUT2D eigenvalue weighted by molar-refractivity contribution is 7.89. The summed E-state index contributed by atoms with van der Waals surface area (Å²) in [6, 6.07) is 5.19. The highest BCUT2D eigenvalue weighted by Gasteiger charge is 2.10. The van der Waals surface area contributed by atoms with Crippen LogP contribution in [0.5, 0.6) is 0 Å². The summed E-state index contributed by atoms with van der Waals surface area (Å²) in [7, 11) is -3.56. The largest absolute Gasteiger partial charge is 0.238 e. The Balaban J connectivity index is 3.29. The first-order valence-corrected chi connectivity index (χ1v) is 5.62. The summed E-state index contributed by atoms with van der Waals surface area (Å²) in [6.07, 6.45) is 0.895. The molecule has 0 heterocycles. The second-order valence-electron chi connectivity index (χ2n) is 3.00. The van der Waals surface area contributed by atoms with Crippen LogP contribution in [0.4, 0.5) is 0 Å². The number of aryl methyl sites for hydroxylation is 2. The molecule has 0 saturated carbocycles. The van der Waals surface area contributed by atoms with E-state index in [2.05, 4.69) is 0 Å². The van der Waals surface area contributed by atoms with Gasteiger partial charge in [-0.05, 0) is 30.5 Å². The Bertz CT molecular complexity index is 410. The number of rotatable bonds is 2. The minimum atomic E-state index is -3.56. The lowest BCUT2D eigenvalue weighted by atomic mass is 10.1. The summed E-state index contributed by atoms with van der Waals surface area (Å²) in [6.45, 7) is 3.77. The van der Waals surface area contributed by atoms with Gasteiger partial charge in [-0.25, -0.2) is 13.6 Å². The van der Waals surface area contributed by atoms with E-state index in [1.807, 2.05) is 13.0 Å². The molecular formula is C9H13NO2S. The SMILES string of the molecule is CCc1ccc(S(N)(=O)=O)c(C)c1. The zero-order valence-corrected chi connectivity index (χ0v) is 8.56. The molecule has 0 bridgehead atoms. The zero-order valence-electron chi connectivity index (χ0n) is 7.74. The van der Waals surface area contributed by atoms with Crippen LogP contribution < -0.4 is 5.14 Å². The standard InChI is InChI=1S/C9H13NO2S/c1-3-8-4-5-9(7(2)6-8)13(10,11)12/h4-6H,3H2,1-2H3,(H2,10,11,12). The van der Waals surface area contributed by atoms with Crippen LogP contribution in [-0.2, 0) is 16.4 Å². The van der Waals surface area contributed by atoms with Crippen LogP contribution in [0.1, 0.15) is 18.1 Å². The highest BCUT2D eigenvalue weighted by atomic mass is 32.2. The normalized spacial score (nSPS) is 11.6. The van der Waals surface area contributed by atoms with Crippen molar-refractivity contribution in [2.75, 3.05) is 0 Å². The molecule has 4 heteroatoms. The van der Waals surface area contributed by atoms with Crippen LogP contribution in [0.3, 0.4) is 0 Å². The Labute approximate surface area is 78.6 Å². The summed E-state index contributed by atoms with van der Waals surface area (Å²) in [5.74, 6) is 0. The van der Waals surface area contributed by atoms with Gasteiger partial charge in [-0.1, -0.05) is 19.1 Å². The van der Waals surface area contributed by atoms with E-state index < -0.39 is 10.0 Å². The maximum absolute atomic E-state index is 11.0. The summed E-state index contributed by atoms with van der Waals surface area (Å²) in [5, 5.41) is 5.02. The fraction of sp³-hybridized carbons (Fsp3) is 0.333. The number of sulfonamides is 1. The second kappa shape index (κ2) is 3.47. The monoisotopic (exact) mass is 199 g/mol. The highest BCUT2D eigenvalue weighted by Crippen LogP contribution is 2.15. The maximum atomic E-state index is 11.0.